The minimum atomic E-state index is -0.479. The van der Waals surface area contributed by atoms with E-state index in [9.17, 15) is 14.9 Å². The molecule has 0 spiro atoms. The molecule has 0 saturated carbocycles. The molecule has 2 heterocycles. The number of nitrogens with one attached hydrogen (secondary N) is 2. The van der Waals surface area contributed by atoms with Crippen molar-refractivity contribution in [2.24, 2.45) is 0 Å². The molecule has 1 aromatic carbocycles. The molecule has 9 heteroatoms. The van der Waals surface area contributed by atoms with Crippen LogP contribution in [-0.4, -0.2) is 24.9 Å². The summed E-state index contributed by atoms with van der Waals surface area (Å²) >= 11 is 1.01. The Labute approximate surface area is 115 Å². The van der Waals surface area contributed by atoms with E-state index in [4.69, 9.17) is 0 Å². The van der Waals surface area contributed by atoms with Crippen LogP contribution in [0, 0.1) is 10.1 Å². The molecular formula is C11H7N5O3S. The summed E-state index contributed by atoms with van der Waals surface area (Å²) in [5.41, 5.74) is 0.141. The van der Waals surface area contributed by atoms with Crippen molar-refractivity contribution in [3.8, 4) is 0 Å². The van der Waals surface area contributed by atoms with Crippen molar-refractivity contribution in [2.45, 2.75) is 10.1 Å². The number of H-pyrrole nitrogens is 2. The van der Waals surface area contributed by atoms with Crippen molar-refractivity contribution in [1.29, 1.82) is 0 Å². The number of hydrogen-bond donors (Lipinski definition) is 2. The van der Waals surface area contributed by atoms with Crippen molar-refractivity contribution in [3.05, 3.63) is 51.1 Å². The highest BCUT2D eigenvalue weighted by Gasteiger charge is 2.15. The summed E-state index contributed by atoms with van der Waals surface area (Å²) in [4.78, 5) is 35.9. The predicted molar refractivity (Wildman–Crippen MR) is 71.7 cm³/mol. The average Bonchev–Trinajstić information content (AvgIpc) is 2.88. The Kier molecular flexibility index (Phi) is 2.95. The molecule has 0 bridgehead atoms. The van der Waals surface area contributed by atoms with Gasteiger partial charge < -0.3 is 4.98 Å². The highest BCUT2D eigenvalue weighted by molar-refractivity contribution is 7.99. The van der Waals surface area contributed by atoms with Gasteiger partial charge in [0.05, 0.1) is 16.1 Å². The van der Waals surface area contributed by atoms with Crippen molar-refractivity contribution in [2.75, 3.05) is 0 Å². The fraction of sp³-hybridized carbons (Fsp3) is 0. The number of fused-ring (bicyclic) bond motifs is 1. The summed E-state index contributed by atoms with van der Waals surface area (Å²) in [7, 11) is 0. The minimum absolute atomic E-state index is 0.0396. The number of rotatable bonds is 3. The molecule has 0 aliphatic rings. The van der Waals surface area contributed by atoms with Gasteiger partial charge in [-0.25, -0.2) is 9.97 Å². The van der Waals surface area contributed by atoms with Gasteiger partial charge in [0.25, 0.3) is 11.2 Å². The van der Waals surface area contributed by atoms with E-state index in [1.807, 2.05) is 0 Å². The van der Waals surface area contributed by atoms with Gasteiger partial charge in [0, 0.05) is 6.07 Å². The van der Waals surface area contributed by atoms with Crippen molar-refractivity contribution in [1.82, 2.24) is 19.9 Å². The fourth-order valence-corrected chi connectivity index (χ4v) is 2.55. The Hall–Kier alpha value is -2.68. The molecular weight excluding hydrogens is 282 g/mol. The molecule has 0 aliphatic heterocycles. The second-order valence-electron chi connectivity index (χ2n) is 3.80. The normalized spacial score (nSPS) is 10.8. The molecule has 3 rings (SSSR count). The number of nitro benzene ring substituents is 1. The van der Waals surface area contributed by atoms with E-state index in [1.54, 1.807) is 18.2 Å². The number of imidazole rings is 1. The lowest BCUT2D eigenvalue weighted by Crippen LogP contribution is -2.09. The second-order valence-corrected chi connectivity index (χ2v) is 4.83. The van der Waals surface area contributed by atoms with E-state index in [0.29, 0.717) is 4.90 Å². The van der Waals surface area contributed by atoms with Crippen LogP contribution in [0.2, 0.25) is 0 Å². The third-order valence-corrected chi connectivity index (χ3v) is 3.49. The van der Waals surface area contributed by atoms with E-state index in [1.165, 1.54) is 12.4 Å². The molecule has 2 N–H and O–H groups in total. The summed E-state index contributed by atoms with van der Waals surface area (Å²) in [6.07, 6.45) is 1.37. The maximum absolute atomic E-state index is 11.8. The van der Waals surface area contributed by atoms with Gasteiger partial charge in [0.1, 0.15) is 0 Å². The summed E-state index contributed by atoms with van der Waals surface area (Å²) in [5, 5.41) is 11.2. The molecule has 100 valence electrons. The fourth-order valence-electron chi connectivity index (χ4n) is 1.67. The number of benzene rings is 1. The largest absolute Gasteiger partial charge is 0.339 e. The SMILES string of the molecule is O=c1[nH]c(Sc2ccccc2[N+](=O)[O-])nc2nc[nH]c12. The molecule has 0 fully saturated rings. The van der Waals surface area contributed by atoms with Crippen LogP contribution in [-0.2, 0) is 0 Å². The quantitative estimate of drug-likeness (QED) is 0.430. The highest BCUT2D eigenvalue weighted by atomic mass is 32.2. The van der Waals surface area contributed by atoms with Gasteiger partial charge in [-0.15, -0.1) is 0 Å². The molecule has 0 unspecified atom stereocenters. The van der Waals surface area contributed by atoms with Gasteiger partial charge >= 0.3 is 0 Å². The summed E-state index contributed by atoms with van der Waals surface area (Å²) in [5.74, 6) is 0. The first-order chi connectivity index (χ1) is 9.65. The molecule has 20 heavy (non-hydrogen) atoms. The zero-order valence-electron chi connectivity index (χ0n) is 9.86. The Bertz CT molecular complexity index is 856. The number of nitrogens with zero attached hydrogens (tertiary/aromatic N) is 3. The van der Waals surface area contributed by atoms with Gasteiger partial charge in [0.15, 0.2) is 16.3 Å². The third-order valence-electron chi connectivity index (χ3n) is 2.54. The second kappa shape index (κ2) is 4.78. The maximum atomic E-state index is 11.8. The maximum Gasteiger partial charge on any atom is 0.283 e. The van der Waals surface area contributed by atoms with Gasteiger partial charge in [-0.2, -0.15) is 0 Å². The smallest absolute Gasteiger partial charge is 0.283 e. The standard InChI is InChI=1S/C11H7N5O3S/c17-10-8-9(13-5-12-8)14-11(15-10)20-7-4-2-1-3-6(7)16(18)19/h1-5H,(H2,12,13,14,15,17). The van der Waals surface area contributed by atoms with Crippen LogP contribution < -0.4 is 5.56 Å². The number of nitro groups is 1. The molecule has 8 nitrogen and oxygen atoms in total. The first-order valence-corrected chi connectivity index (χ1v) is 6.31. The van der Waals surface area contributed by atoms with Crippen LogP contribution in [0.15, 0.2) is 45.4 Å². The van der Waals surface area contributed by atoms with Crippen molar-refractivity contribution in [3.63, 3.8) is 0 Å². The average molecular weight is 289 g/mol. The molecule has 0 atom stereocenters. The predicted octanol–water partition coefficient (Wildman–Crippen LogP) is 1.71. The molecule has 2 aromatic heterocycles. The van der Waals surface area contributed by atoms with Gasteiger partial charge in [-0.1, -0.05) is 12.1 Å². The van der Waals surface area contributed by atoms with Crippen LogP contribution in [0.5, 0.6) is 0 Å². The number of para-hydroxylation sites is 1. The summed E-state index contributed by atoms with van der Waals surface area (Å²) < 4.78 is 0. The first kappa shape index (κ1) is 12.4. The van der Waals surface area contributed by atoms with Crippen LogP contribution >= 0.6 is 11.8 Å². The lowest BCUT2D eigenvalue weighted by Gasteiger charge is -2.01. The van der Waals surface area contributed by atoms with E-state index < -0.39 is 4.92 Å². The van der Waals surface area contributed by atoms with Crippen LogP contribution in [0.25, 0.3) is 11.2 Å². The zero-order valence-corrected chi connectivity index (χ0v) is 10.7. The lowest BCUT2D eigenvalue weighted by atomic mass is 10.3. The molecule has 0 amide bonds. The Morgan fingerprint density at radius 1 is 1.30 bits per heavy atom. The van der Waals surface area contributed by atoms with Crippen LogP contribution in [0.3, 0.4) is 0 Å². The van der Waals surface area contributed by atoms with Gasteiger partial charge in [-0.05, 0) is 17.8 Å². The van der Waals surface area contributed by atoms with E-state index in [-0.39, 0.29) is 27.6 Å². The Morgan fingerprint density at radius 2 is 2.10 bits per heavy atom. The molecule has 0 radical (unpaired) electrons. The van der Waals surface area contributed by atoms with Gasteiger partial charge in [0.2, 0.25) is 0 Å². The summed E-state index contributed by atoms with van der Waals surface area (Å²) in [6, 6.07) is 6.25. The van der Waals surface area contributed by atoms with Crippen molar-refractivity contribution < 1.29 is 4.92 Å². The van der Waals surface area contributed by atoms with E-state index >= 15 is 0 Å². The van der Waals surface area contributed by atoms with Gasteiger partial charge in [-0.3, -0.25) is 19.9 Å². The number of aromatic amines is 2. The zero-order chi connectivity index (χ0) is 14.1. The first-order valence-electron chi connectivity index (χ1n) is 5.50. The highest BCUT2D eigenvalue weighted by Crippen LogP contribution is 2.32. The van der Waals surface area contributed by atoms with E-state index in [0.717, 1.165) is 11.8 Å². The van der Waals surface area contributed by atoms with Crippen LogP contribution in [0.4, 0.5) is 5.69 Å². The Morgan fingerprint density at radius 3 is 2.90 bits per heavy atom. The summed E-state index contributed by atoms with van der Waals surface area (Å²) in [6.45, 7) is 0. The van der Waals surface area contributed by atoms with Crippen molar-refractivity contribution >= 4 is 28.6 Å². The number of aromatic nitrogens is 4. The number of hydrogen-bond acceptors (Lipinski definition) is 6. The molecule has 0 saturated heterocycles. The minimum Gasteiger partial charge on any atom is -0.339 e. The molecule has 3 aromatic rings. The monoisotopic (exact) mass is 289 g/mol. The van der Waals surface area contributed by atoms with Crippen LogP contribution in [0.1, 0.15) is 0 Å². The third kappa shape index (κ3) is 2.14. The Balaban J connectivity index is 2.05. The topological polar surface area (TPSA) is 118 Å². The lowest BCUT2D eigenvalue weighted by molar-refractivity contribution is -0.387. The molecule has 0 aliphatic carbocycles. The van der Waals surface area contributed by atoms with E-state index in [2.05, 4.69) is 19.9 Å².